The molecule has 1 N–H and O–H groups in total. The number of carbonyl (C=O) groups is 2. The molecule has 0 spiro atoms. The first-order chi connectivity index (χ1) is 13.4. The fourth-order valence-corrected chi connectivity index (χ4v) is 3.48. The first-order valence-electron chi connectivity index (χ1n) is 9.68. The highest BCUT2D eigenvalue weighted by Crippen LogP contribution is 2.27. The Morgan fingerprint density at radius 3 is 2.64 bits per heavy atom. The van der Waals surface area contributed by atoms with Gasteiger partial charge in [-0.1, -0.05) is 30.3 Å². The van der Waals surface area contributed by atoms with E-state index < -0.39 is 0 Å². The van der Waals surface area contributed by atoms with Gasteiger partial charge in [-0.15, -0.1) is 0 Å². The van der Waals surface area contributed by atoms with E-state index in [1.807, 2.05) is 56.3 Å². The van der Waals surface area contributed by atoms with Crippen LogP contribution in [0.15, 0.2) is 36.7 Å². The van der Waals surface area contributed by atoms with Crippen molar-refractivity contribution in [3.8, 4) is 0 Å². The lowest BCUT2D eigenvalue weighted by molar-refractivity contribution is -0.138. The molecule has 7 heteroatoms. The normalized spacial score (nSPS) is 16.8. The number of imidazole rings is 1. The summed E-state index contributed by atoms with van der Waals surface area (Å²) in [4.78, 5) is 38.4. The summed E-state index contributed by atoms with van der Waals surface area (Å²) < 4.78 is 0. The van der Waals surface area contributed by atoms with Crippen molar-refractivity contribution in [1.29, 1.82) is 0 Å². The lowest BCUT2D eigenvalue weighted by Gasteiger charge is -2.26. The predicted molar refractivity (Wildman–Crippen MR) is 108 cm³/mol. The average Bonchev–Trinajstić information content (AvgIpc) is 3.24. The maximum absolute atomic E-state index is 13.0. The van der Waals surface area contributed by atoms with Crippen molar-refractivity contribution < 1.29 is 9.59 Å². The van der Waals surface area contributed by atoms with Gasteiger partial charge in [-0.05, 0) is 26.6 Å². The SMILES string of the molecule is Cc1[nH]cnc1CN(CCN(C)C)C(=O)CN1CC(c2ccccc2)CC1=O. The first kappa shape index (κ1) is 20.1. The molecular formula is C21H29N5O2. The zero-order valence-electron chi connectivity index (χ0n) is 16.9. The Balaban J connectivity index is 1.65. The Labute approximate surface area is 166 Å². The van der Waals surface area contributed by atoms with Crippen LogP contribution in [0.25, 0.3) is 0 Å². The number of aromatic amines is 1. The highest BCUT2D eigenvalue weighted by molar-refractivity contribution is 5.86. The molecule has 150 valence electrons. The van der Waals surface area contributed by atoms with Crippen LogP contribution in [0.2, 0.25) is 0 Å². The summed E-state index contributed by atoms with van der Waals surface area (Å²) in [5.74, 6) is 0.169. The molecule has 1 aromatic heterocycles. The number of likely N-dealkylation sites (tertiary alicyclic amines) is 1. The largest absolute Gasteiger partial charge is 0.348 e. The van der Waals surface area contributed by atoms with Crippen LogP contribution < -0.4 is 0 Å². The van der Waals surface area contributed by atoms with Crippen molar-refractivity contribution in [1.82, 2.24) is 24.7 Å². The van der Waals surface area contributed by atoms with Gasteiger partial charge in [0.05, 0.1) is 25.1 Å². The molecule has 1 aliphatic rings. The summed E-state index contributed by atoms with van der Waals surface area (Å²) >= 11 is 0. The second-order valence-corrected chi connectivity index (χ2v) is 7.68. The van der Waals surface area contributed by atoms with E-state index in [1.165, 1.54) is 0 Å². The molecule has 0 bridgehead atoms. The van der Waals surface area contributed by atoms with Crippen LogP contribution in [0.4, 0.5) is 0 Å². The molecule has 28 heavy (non-hydrogen) atoms. The molecule has 0 radical (unpaired) electrons. The molecule has 2 aromatic rings. The number of nitrogens with one attached hydrogen (secondary N) is 1. The Hall–Kier alpha value is -2.67. The van der Waals surface area contributed by atoms with E-state index in [9.17, 15) is 9.59 Å². The number of aryl methyl sites for hydroxylation is 1. The molecule has 2 amide bonds. The highest BCUT2D eigenvalue weighted by Gasteiger charge is 2.32. The maximum Gasteiger partial charge on any atom is 0.242 e. The number of rotatable bonds is 8. The second-order valence-electron chi connectivity index (χ2n) is 7.68. The first-order valence-corrected chi connectivity index (χ1v) is 9.68. The number of benzene rings is 1. The fraction of sp³-hybridized carbons (Fsp3) is 0.476. The zero-order valence-corrected chi connectivity index (χ0v) is 16.9. The Bertz CT molecular complexity index is 802. The van der Waals surface area contributed by atoms with Crippen molar-refractivity contribution in [2.75, 3.05) is 40.3 Å². The van der Waals surface area contributed by atoms with Gasteiger partial charge in [0.2, 0.25) is 11.8 Å². The fourth-order valence-electron chi connectivity index (χ4n) is 3.48. The highest BCUT2D eigenvalue weighted by atomic mass is 16.2. The molecule has 2 heterocycles. The van der Waals surface area contributed by atoms with Crippen molar-refractivity contribution in [2.24, 2.45) is 0 Å². The third-order valence-corrected chi connectivity index (χ3v) is 5.26. The molecule has 3 rings (SSSR count). The molecular weight excluding hydrogens is 354 g/mol. The Kier molecular flexibility index (Phi) is 6.46. The van der Waals surface area contributed by atoms with Crippen LogP contribution >= 0.6 is 0 Å². The monoisotopic (exact) mass is 383 g/mol. The van der Waals surface area contributed by atoms with Gasteiger partial charge in [0.15, 0.2) is 0 Å². The molecule has 1 unspecified atom stereocenters. The van der Waals surface area contributed by atoms with Gasteiger partial charge < -0.3 is 19.7 Å². The van der Waals surface area contributed by atoms with E-state index in [0.717, 1.165) is 23.5 Å². The van der Waals surface area contributed by atoms with E-state index >= 15 is 0 Å². The van der Waals surface area contributed by atoms with Gasteiger partial charge in [0, 0.05) is 37.7 Å². The minimum atomic E-state index is -0.0358. The minimum Gasteiger partial charge on any atom is -0.348 e. The van der Waals surface area contributed by atoms with Gasteiger partial charge in [-0.2, -0.15) is 0 Å². The van der Waals surface area contributed by atoms with Crippen LogP contribution in [0.1, 0.15) is 29.3 Å². The number of hydrogen-bond donors (Lipinski definition) is 1. The average molecular weight is 383 g/mol. The van der Waals surface area contributed by atoms with E-state index in [0.29, 0.717) is 26.1 Å². The van der Waals surface area contributed by atoms with Crippen LogP contribution in [0.3, 0.4) is 0 Å². The number of amides is 2. The number of aromatic nitrogens is 2. The summed E-state index contributed by atoms with van der Waals surface area (Å²) in [6, 6.07) is 10.0. The quantitative estimate of drug-likeness (QED) is 0.752. The number of nitrogens with zero attached hydrogens (tertiary/aromatic N) is 4. The third-order valence-electron chi connectivity index (χ3n) is 5.26. The third kappa shape index (κ3) is 4.98. The Morgan fingerprint density at radius 1 is 1.25 bits per heavy atom. The molecule has 0 aliphatic carbocycles. The molecule has 1 atom stereocenters. The van der Waals surface area contributed by atoms with Crippen LogP contribution in [0.5, 0.6) is 0 Å². The second kappa shape index (κ2) is 9.01. The summed E-state index contributed by atoms with van der Waals surface area (Å²) in [6.45, 7) is 4.48. The van der Waals surface area contributed by atoms with Gasteiger partial charge in [-0.25, -0.2) is 4.98 Å². The summed E-state index contributed by atoms with van der Waals surface area (Å²) in [6.07, 6.45) is 2.11. The van der Waals surface area contributed by atoms with Crippen LogP contribution in [-0.2, 0) is 16.1 Å². The van der Waals surface area contributed by atoms with Crippen molar-refractivity contribution in [3.05, 3.63) is 53.6 Å². The zero-order chi connectivity index (χ0) is 20.1. The van der Waals surface area contributed by atoms with Gasteiger partial charge in [0.25, 0.3) is 0 Å². The van der Waals surface area contributed by atoms with Crippen molar-refractivity contribution in [3.63, 3.8) is 0 Å². The van der Waals surface area contributed by atoms with Gasteiger partial charge in [0.1, 0.15) is 0 Å². The number of likely N-dealkylation sites (N-methyl/N-ethyl adjacent to an activating group) is 1. The molecule has 1 saturated heterocycles. The molecule has 7 nitrogen and oxygen atoms in total. The number of H-pyrrole nitrogens is 1. The molecule has 0 saturated carbocycles. The molecule has 1 aliphatic heterocycles. The maximum atomic E-state index is 13.0. The molecule has 1 fully saturated rings. The van der Waals surface area contributed by atoms with Crippen molar-refractivity contribution >= 4 is 11.8 Å². The Morgan fingerprint density at radius 2 is 2.00 bits per heavy atom. The predicted octanol–water partition coefficient (Wildman–Crippen LogP) is 1.62. The topological polar surface area (TPSA) is 72.5 Å². The molecule has 1 aromatic carbocycles. The van der Waals surface area contributed by atoms with E-state index in [1.54, 1.807) is 16.1 Å². The van der Waals surface area contributed by atoms with Crippen molar-refractivity contribution in [2.45, 2.75) is 25.8 Å². The van der Waals surface area contributed by atoms with Crippen LogP contribution in [0, 0.1) is 6.92 Å². The number of hydrogen-bond acceptors (Lipinski definition) is 4. The van der Waals surface area contributed by atoms with Crippen LogP contribution in [-0.4, -0.2) is 76.8 Å². The summed E-state index contributed by atoms with van der Waals surface area (Å²) in [5, 5.41) is 0. The van der Waals surface area contributed by atoms with E-state index in [4.69, 9.17) is 0 Å². The minimum absolute atomic E-state index is 0.0358. The van der Waals surface area contributed by atoms with Gasteiger partial charge in [-0.3, -0.25) is 9.59 Å². The van der Waals surface area contributed by atoms with E-state index in [2.05, 4.69) is 9.97 Å². The lowest BCUT2D eigenvalue weighted by Crippen LogP contribution is -2.43. The van der Waals surface area contributed by atoms with Gasteiger partial charge >= 0.3 is 0 Å². The smallest absolute Gasteiger partial charge is 0.242 e. The number of carbonyl (C=O) groups excluding carboxylic acids is 2. The summed E-state index contributed by atoms with van der Waals surface area (Å²) in [7, 11) is 3.97. The standard InChI is InChI=1S/C21H29N5O2/c1-16-19(23-15-22-16)13-25(10-9-24(2)3)21(28)14-26-12-18(11-20(26)27)17-7-5-4-6-8-17/h4-8,15,18H,9-14H2,1-3H3,(H,22,23). The summed E-state index contributed by atoms with van der Waals surface area (Å²) in [5.41, 5.74) is 2.98. The lowest BCUT2D eigenvalue weighted by atomic mass is 9.99. The van der Waals surface area contributed by atoms with E-state index in [-0.39, 0.29) is 24.3 Å².